The van der Waals surface area contributed by atoms with Gasteiger partial charge in [-0.2, -0.15) is 26.3 Å². The Morgan fingerprint density at radius 3 is 1.78 bits per heavy atom. The summed E-state index contributed by atoms with van der Waals surface area (Å²) < 4.78 is 82.2. The van der Waals surface area contributed by atoms with Gasteiger partial charge in [0.1, 0.15) is 0 Å². The first-order chi connectivity index (χ1) is 10.5. The number of hydrogen-bond donors (Lipinski definition) is 2. The maximum Gasteiger partial charge on any atom is 0.407 e. The summed E-state index contributed by atoms with van der Waals surface area (Å²) in [7, 11) is 0. The van der Waals surface area contributed by atoms with Gasteiger partial charge in [0.25, 0.3) is 0 Å². The first-order valence-electron chi connectivity index (χ1n) is 6.63. The van der Waals surface area contributed by atoms with Gasteiger partial charge >= 0.3 is 12.4 Å². The van der Waals surface area contributed by atoms with E-state index in [0.29, 0.717) is 0 Å². The van der Waals surface area contributed by atoms with E-state index in [0.717, 1.165) is 42.5 Å². The Morgan fingerprint density at radius 1 is 0.870 bits per heavy atom. The van der Waals surface area contributed by atoms with Crippen LogP contribution in [-0.4, -0.2) is 12.4 Å². The highest BCUT2D eigenvalue weighted by Crippen LogP contribution is 2.58. The van der Waals surface area contributed by atoms with Crippen molar-refractivity contribution >= 4 is 5.69 Å². The van der Waals surface area contributed by atoms with E-state index in [2.05, 4.69) is 0 Å². The van der Waals surface area contributed by atoms with Gasteiger partial charge in [0, 0.05) is 17.3 Å². The van der Waals surface area contributed by atoms with Gasteiger partial charge in [0.15, 0.2) is 5.41 Å². The molecule has 0 aromatic heterocycles. The minimum atomic E-state index is -5.55. The van der Waals surface area contributed by atoms with E-state index in [1.165, 1.54) is 0 Å². The molecule has 8 heteroatoms. The Labute approximate surface area is 128 Å². The Morgan fingerprint density at radius 2 is 1.39 bits per heavy atom. The van der Waals surface area contributed by atoms with Crippen molar-refractivity contribution < 1.29 is 26.3 Å². The maximum absolute atomic E-state index is 13.7. The molecular weight excluding hydrogens is 322 g/mol. The standard InChI is InChI=1S/C15H14F6N2/c16-14(17,18)13(15(19,20)21,9-1-5-11(22)6-2-9)10-3-7-12(23)8-4-10/h1-3,5-8,10H,4,22-23H2. The average Bonchev–Trinajstić information content (AvgIpc) is 2.40. The second kappa shape index (κ2) is 5.50. The van der Waals surface area contributed by atoms with E-state index < -0.39 is 35.7 Å². The first-order valence-corrected chi connectivity index (χ1v) is 6.63. The molecule has 0 radical (unpaired) electrons. The van der Waals surface area contributed by atoms with Gasteiger partial charge in [-0.1, -0.05) is 24.3 Å². The summed E-state index contributed by atoms with van der Waals surface area (Å²) in [6.07, 6.45) is -8.46. The number of nitrogen functional groups attached to an aromatic ring is 1. The SMILES string of the molecule is NC1=CCC(C(c2ccc(N)cc2)(C(F)(F)F)C(F)(F)F)C=C1. The van der Waals surface area contributed by atoms with Crippen LogP contribution in [-0.2, 0) is 5.41 Å². The highest BCUT2D eigenvalue weighted by atomic mass is 19.4. The number of benzene rings is 1. The van der Waals surface area contributed by atoms with E-state index in [4.69, 9.17) is 11.5 Å². The molecule has 4 N–H and O–H groups in total. The monoisotopic (exact) mass is 336 g/mol. The van der Waals surface area contributed by atoms with Crippen LogP contribution in [0.25, 0.3) is 0 Å². The molecule has 0 spiro atoms. The van der Waals surface area contributed by atoms with Crippen molar-refractivity contribution in [3.05, 3.63) is 53.8 Å². The second-order valence-corrected chi connectivity index (χ2v) is 5.33. The molecule has 1 aromatic rings. The predicted molar refractivity (Wildman–Crippen MR) is 74.2 cm³/mol. The lowest BCUT2D eigenvalue weighted by Gasteiger charge is -2.43. The number of anilines is 1. The van der Waals surface area contributed by atoms with Crippen molar-refractivity contribution in [1.82, 2.24) is 0 Å². The van der Waals surface area contributed by atoms with Gasteiger partial charge in [-0.05, 0) is 30.2 Å². The highest BCUT2D eigenvalue weighted by molar-refractivity contribution is 5.44. The number of alkyl halides is 6. The number of nitrogens with two attached hydrogens (primary N) is 2. The molecular formula is C15H14F6N2. The third-order valence-electron chi connectivity index (χ3n) is 3.94. The van der Waals surface area contributed by atoms with Crippen LogP contribution in [0.1, 0.15) is 12.0 Å². The zero-order valence-corrected chi connectivity index (χ0v) is 11.7. The molecule has 23 heavy (non-hydrogen) atoms. The molecule has 0 saturated heterocycles. The van der Waals surface area contributed by atoms with E-state index in [-0.39, 0.29) is 11.4 Å². The fourth-order valence-corrected chi connectivity index (χ4v) is 2.83. The quantitative estimate of drug-likeness (QED) is 0.632. The topological polar surface area (TPSA) is 52.0 Å². The van der Waals surface area contributed by atoms with Crippen molar-refractivity contribution in [3.63, 3.8) is 0 Å². The molecule has 0 saturated carbocycles. The Bertz CT molecular complexity index is 611. The number of rotatable bonds is 2. The van der Waals surface area contributed by atoms with Gasteiger partial charge in [-0.3, -0.25) is 0 Å². The van der Waals surface area contributed by atoms with Gasteiger partial charge in [0.2, 0.25) is 0 Å². The summed E-state index contributed by atoms with van der Waals surface area (Å²) in [6, 6.07) is 3.59. The lowest BCUT2D eigenvalue weighted by atomic mass is 9.66. The van der Waals surface area contributed by atoms with Crippen molar-refractivity contribution in [3.8, 4) is 0 Å². The summed E-state index contributed by atoms with van der Waals surface area (Å²) in [6.45, 7) is 0. The van der Waals surface area contributed by atoms with Crippen LogP contribution < -0.4 is 11.5 Å². The van der Waals surface area contributed by atoms with Crippen molar-refractivity contribution in [1.29, 1.82) is 0 Å². The fourth-order valence-electron chi connectivity index (χ4n) is 2.83. The summed E-state index contributed by atoms with van der Waals surface area (Å²) in [5.74, 6) is -1.85. The second-order valence-electron chi connectivity index (χ2n) is 5.33. The van der Waals surface area contributed by atoms with Gasteiger partial charge in [0.05, 0.1) is 0 Å². The first kappa shape index (κ1) is 17.2. The average molecular weight is 336 g/mol. The lowest BCUT2D eigenvalue weighted by molar-refractivity contribution is -0.314. The molecule has 0 bridgehead atoms. The molecule has 126 valence electrons. The van der Waals surface area contributed by atoms with Crippen molar-refractivity contribution in [2.24, 2.45) is 11.7 Å². The zero-order chi connectivity index (χ0) is 17.5. The van der Waals surface area contributed by atoms with Crippen LogP contribution in [0.3, 0.4) is 0 Å². The molecule has 0 amide bonds. The fraction of sp³-hybridized carbons (Fsp3) is 0.333. The molecule has 0 aliphatic heterocycles. The molecule has 1 unspecified atom stereocenters. The smallest absolute Gasteiger partial charge is 0.399 e. The third-order valence-corrected chi connectivity index (χ3v) is 3.94. The minimum Gasteiger partial charge on any atom is -0.399 e. The third kappa shape index (κ3) is 2.77. The molecule has 1 aliphatic carbocycles. The predicted octanol–water partition coefficient (Wildman–Crippen LogP) is 4.05. The molecule has 1 aliphatic rings. The van der Waals surface area contributed by atoms with E-state index >= 15 is 0 Å². The van der Waals surface area contributed by atoms with Crippen LogP contribution in [0.2, 0.25) is 0 Å². The normalized spacial score (nSPS) is 19.6. The van der Waals surface area contributed by atoms with Crippen molar-refractivity contribution in [2.75, 3.05) is 5.73 Å². The Kier molecular flexibility index (Phi) is 4.13. The highest BCUT2D eigenvalue weighted by Gasteiger charge is 2.74. The number of allylic oxidation sites excluding steroid dienone is 3. The molecule has 1 aromatic carbocycles. The van der Waals surface area contributed by atoms with Crippen LogP contribution in [0.15, 0.2) is 48.2 Å². The largest absolute Gasteiger partial charge is 0.407 e. The molecule has 1 atom stereocenters. The van der Waals surface area contributed by atoms with E-state index in [1.54, 1.807) is 0 Å². The van der Waals surface area contributed by atoms with Crippen LogP contribution >= 0.6 is 0 Å². The number of hydrogen-bond acceptors (Lipinski definition) is 2. The molecule has 2 nitrogen and oxygen atoms in total. The number of halogens is 6. The van der Waals surface area contributed by atoms with Gasteiger partial charge in [-0.15, -0.1) is 0 Å². The molecule has 0 fully saturated rings. The summed E-state index contributed by atoms with van der Waals surface area (Å²) >= 11 is 0. The van der Waals surface area contributed by atoms with Crippen molar-refractivity contribution in [2.45, 2.75) is 24.2 Å². The van der Waals surface area contributed by atoms with E-state index in [1.807, 2.05) is 0 Å². The van der Waals surface area contributed by atoms with Crippen LogP contribution in [0, 0.1) is 5.92 Å². The van der Waals surface area contributed by atoms with Gasteiger partial charge < -0.3 is 11.5 Å². The lowest BCUT2D eigenvalue weighted by Crippen LogP contribution is -2.58. The van der Waals surface area contributed by atoms with E-state index in [9.17, 15) is 26.3 Å². The molecule has 0 heterocycles. The summed E-state index contributed by atoms with van der Waals surface area (Å²) in [5, 5.41) is 0. The maximum atomic E-state index is 13.7. The Hall–Kier alpha value is -2.12. The summed E-state index contributed by atoms with van der Waals surface area (Å²) in [5.41, 5.74) is 6.09. The van der Waals surface area contributed by atoms with Crippen LogP contribution in [0.4, 0.5) is 32.0 Å². The molecule has 2 rings (SSSR count). The zero-order valence-electron chi connectivity index (χ0n) is 11.7. The summed E-state index contributed by atoms with van der Waals surface area (Å²) in [4.78, 5) is 0. The van der Waals surface area contributed by atoms with Crippen LogP contribution in [0.5, 0.6) is 0 Å². The minimum absolute atomic E-state index is 0.0790. The van der Waals surface area contributed by atoms with Gasteiger partial charge in [-0.25, -0.2) is 0 Å². The Balaban J connectivity index is 2.72.